The lowest BCUT2D eigenvalue weighted by molar-refractivity contribution is -0.111. The van der Waals surface area contributed by atoms with E-state index < -0.39 is 0 Å². The van der Waals surface area contributed by atoms with Crippen LogP contribution < -0.4 is 10.2 Å². The SMILES string of the molecule is Cn1cc(-c2cc(-c3cnc(N4C[C@@H]5C[C@@](C)(NC=O)C[C@@H]5C4)cn3)c3c(C#N)cnn3c2)cn1. The molecule has 1 N–H and O–H groups in total. The van der Waals surface area contributed by atoms with Crippen LogP contribution >= 0.6 is 0 Å². The lowest BCUT2D eigenvalue weighted by atomic mass is 9.98. The molecule has 0 unspecified atom stereocenters. The van der Waals surface area contributed by atoms with Gasteiger partial charge in [0.25, 0.3) is 0 Å². The maximum absolute atomic E-state index is 11.0. The van der Waals surface area contributed by atoms with Crippen LogP contribution in [0.5, 0.6) is 0 Å². The fraction of sp³-hybridized carbons (Fsp3) is 0.360. The van der Waals surface area contributed by atoms with Gasteiger partial charge in [-0.2, -0.15) is 15.5 Å². The number of aryl methyl sites for hydroxylation is 1. The van der Waals surface area contributed by atoms with Crippen molar-refractivity contribution in [2.75, 3.05) is 18.0 Å². The molecule has 176 valence electrons. The average Bonchev–Trinajstić information content (AvgIpc) is 3.61. The Kier molecular flexibility index (Phi) is 4.81. The van der Waals surface area contributed by atoms with Crippen molar-refractivity contribution in [2.24, 2.45) is 18.9 Å². The molecule has 0 radical (unpaired) electrons. The largest absolute Gasteiger partial charge is 0.355 e. The summed E-state index contributed by atoms with van der Waals surface area (Å²) in [5.41, 5.74) is 4.46. The van der Waals surface area contributed by atoms with Gasteiger partial charge in [0.05, 0.1) is 41.6 Å². The number of carbonyl (C=O) groups excluding carboxylic acids is 1. The van der Waals surface area contributed by atoms with E-state index in [1.54, 1.807) is 27.8 Å². The zero-order valence-electron chi connectivity index (χ0n) is 19.6. The van der Waals surface area contributed by atoms with Crippen molar-refractivity contribution in [3.63, 3.8) is 0 Å². The van der Waals surface area contributed by atoms with Crippen molar-refractivity contribution in [1.82, 2.24) is 34.7 Å². The van der Waals surface area contributed by atoms with Gasteiger partial charge in [0.1, 0.15) is 11.9 Å². The molecule has 35 heavy (non-hydrogen) atoms. The lowest BCUT2D eigenvalue weighted by Crippen LogP contribution is -2.40. The summed E-state index contributed by atoms with van der Waals surface area (Å²) in [6, 6.07) is 4.25. The molecule has 10 heteroatoms. The topological polar surface area (TPSA) is 117 Å². The third kappa shape index (κ3) is 3.60. The Bertz CT molecular complexity index is 1450. The number of hydrogen-bond donors (Lipinski definition) is 1. The fourth-order valence-electron chi connectivity index (χ4n) is 5.84. The van der Waals surface area contributed by atoms with Crippen LogP contribution in [0.15, 0.2) is 43.2 Å². The summed E-state index contributed by atoms with van der Waals surface area (Å²) in [5, 5.41) is 21.3. The first-order chi connectivity index (χ1) is 17.0. The Morgan fingerprint density at radius 1 is 1.09 bits per heavy atom. The standard InChI is InChI=1S/C25H25N9O/c1-25(29-15-35)4-17-12-33(13-18(17)5-25)23-10-27-22(9-28-23)21-3-16(20-8-30-32(2)11-20)14-34-24(21)19(6-26)7-31-34/h3,7-11,14-15,17-18H,4-5,12-13H2,1-2H3,(H,29,35)/t17-,18+,25+. The molecule has 1 aliphatic carbocycles. The molecule has 1 saturated carbocycles. The van der Waals surface area contributed by atoms with E-state index in [0.29, 0.717) is 28.6 Å². The number of anilines is 1. The number of pyridine rings is 1. The number of aromatic nitrogens is 6. The Morgan fingerprint density at radius 2 is 1.89 bits per heavy atom. The van der Waals surface area contributed by atoms with Crippen molar-refractivity contribution >= 4 is 17.7 Å². The number of nitriles is 1. The molecule has 0 bridgehead atoms. The first-order valence-electron chi connectivity index (χ1n) is 11.7. The van der Waals surface area contributed by atoms with Crippen molar-refractivity contribution in [3.05, 3.63) is 48.8 Å². The average molecular weight is 468 g/mol. The van der Waals surface area contributed by atoms with Crippen LogP contribution in [0.2, 0.25) is 0 Å². The Morgan fingerprint density at radius 3 is 2.51 bits per heavy atom. The zero-order chi connectivity index (χ0) is 24.2. The minimum absolute atomic E-state index is 0.104. The normalized spacial score (nSPS) is 23.4. The highest BCUT2D eigenvalue weighted by atomic mass is 16.1. The number of rotatable bonds is 5. The molecular weight excluding hydrogens is 442 g/mol. The second-order valence-electron chi connectivity index (χ2n) is 9.92. The number of fused-ring (bicyclic) bond motifs is 2. The van der Waals surface area contributed by atoms with E-state index in [9.17, 15) is 10.1 Å². The molecule has 6 rings (SSSR count). The summed E-state index contributed by atoms with van der Waals surface area (Å²) in [7, 11) is 1.88. The number of amides is 1. The van der Waals surface area contributed by atoms with Crippen molar-refractivity contribution in [1.29, 1.82) is 5.26 Å². The van der Waals surface area contributed by atoms with E-state index in [0.717, 1.165) is 54.8 Å². The Hall–Kier alpha value is -4.26. The molecule has 1 aliphatic heterocycles. The second-order valence-corrected chi connectivity index (χ2v) is 9.92. The molecule has 1 amide bonds. The van der Waals surface area contributed by atoms with Crippen LogP contribution in [-0.2, 0) is 11.8 Å². The molecule has 2 aliphatic rings. The van der Waals surface area contributed by atoms with E-state index in [1.165, 1.54) is 0 Å². The second kappa shape index (κ2) is 7.91. The van der Waals surface area contributed by atoms with Crippen molar-refractivity contribution in [2.45, 2.75) is 25.3 Å². The minimum atomic E-state index is -0.104. The van der Waals surface area contributed by atoms with Gasteiger partial charge < -0.3 is 10.2 Å². The van der Waals surface area contributed by atoms with Crippen LogP contribution in [0.25, 0.3) is 27.9 Å². The minimum Gasteiger partial charge on any atom is -0.355 e. The van der Waals surface area contributed by atoms with E-state index in [-0.39, 0.29) is 5.54 Å². The van der Waals surface area contributed by atoms with Gasteiger partial charge >= 0.3 is 0 Å². The summed E-state index contributed by atoms with van der Waals surface area (Å²) in [4.78, 5) is 22.8. The molecule has 2 fully saturated rings. The van der Waals surface area contributed by atoms with Gasteiger partial charge in [-0.3, -0.25) is 14.5 Å². The van der Waals surface area contributed by atoms with E-state index in [1.807, 2.05) is 31.7 Å². The quantitative estimate of drug-likeness (QED) is 0.448. The van der Waals surface area contributed by atoms with Gasteiger partial charge in [0.2, 0.25) is 6.41 Å². The first-order valence-corrected chi connectivity index (χ1v) is 11.7. The smallest absolute Gasteiger partial charge is 0.207 e. The van der Waals surface area contributed by atoms with Gasteiger partial charge in [-0.1, -0.05) is 0 Å². The molecule has 0 aromatic carbocycles. The van der Waals surface area contributed by atoms with Gasteiger partial charge in [-0.15, -0.1) is 0 Å². The molecule has 4 aromatic rings. The molecule has 4 aromatic heterocycles. The third-order valence-corrected chi connectivity index (χ3v) is 7.42. The number of hydrogen-bond acceptors (Lipinski definition) is 7. The van der Waals surface area contributed by atoms with Gasteiger partial charge in [0, 0.05) is 54.8 Å². The highest BCUT2D eigenvalue weighted by Crippen LogP contribution is 2.44. The molecule has 10 nitrogen and oxygen atoms in total. The first kappa shape index (κ1) is 21.3. The molecule has 0 spiro atoms. The molecular formula is C25H25N9O. The molecule has 5 heterocycles. The maximum atomic E-state index is 11.0. The lowest BCUT2D eigenvalue weighted by Gasteiger charge is -2.26. The Labute approximate surface area is 202 Å². The Balaban J connectivity index is 1.31. The van der Waals surface area contributed by atoms with Crippen molar-refractivity contribution < 1.29 is 4.79 Å². The summed E-state index contributed by atoms with van der Waals surface area (Å²) < 4.78 is 3.47. The van der Waals surface area contributed by atoms with Crippen LogP contribution in [0.3, 0.4) is 0 Å². The van der Waals surface area contributed by atoms with Crippen LogP contribution in [0.4, 0.5) is 5.82 Å². The third-order valence-electron chi connectivity index (χ3n) is 7.42. The van der Waals surface area contributed by atoms with Crippen LogP contribution in [0.1, 0.15) is 25.3 Å². The van der Waals surface area contributed by atoms with Crippen LogP contribution in [0, 0.1) is 23.2 Å². The highest BCUT2D eigenvalue weighted by molar-refractivity contribution is 5.86. The van der Waals surface area contributed by atoms with E-state index in [4.69, 9.17) is 9.97 Å². The zero-order valence-corrected chi connectivity index (χ0v) is 19.6. The van der Waals surface area contributed by atoms with E-state index >= 15 is 0 Å². The highest BCUT2D eigenvalue weighted by Gasteiger charge is 2.46. The van der Waals surface area contributed by atoms with Gasteiger partial charge in [-0.25, -0.2) is 9.50 Å². The fourth-order valence-corrected chi connectivity index (χ4v) is 5.84. The summed E-state index contributed by atoms with van der Waals surface area (Å²) >= 11 is 0. The number of nitrogens with one attached hydrogen (secondary N) is 1. The predicted octanol–water partition coefficient (Wildman–Crippen LogP) is 2.41. The van der Waals surface area contributed by atoms with Crippen LogP contribution in [-0.4, -0.2) is 54.4 Å². The number of nitrogens with zero attached hydrogens (tertiary/aromatic N) is 8. The van der Waals surface area contributed by atoms with E-state index in [2.05, 4.69) is 33.4 Å². The van der Waals surface area contributed by atoms with Crippen molar-refractivity contribution in [3.8, 4) is 28.5 Å². The predicted molar refractivity (Wildman–Crippen MR) is 129 cm³/mol. The van der Waals surface area contributed by atoms with Gasteiger partial charge in [-0.05, 0) is 37.7 Å². The summed E-state index contributed by atoms with van der Waals surface area (Å²) in [6.07, 6.45) is 13.6. The maximum Gasteiger partial charge on any atom is 0.207 e. The summed E-state index contributed by atoms with van der Waals surface area (Å²) in [5.74, 6) is 1.92. The monoisotopic (exact) mass is 467 g/mol. The summed E-state index contributed by atoms with van der Waals surface area (Å²) in [6.45, 7) is 3.96. The molecule has 1 saturated heterocycles. The number of carbonyl (C=O) groups is 1. The molecule has 3 atom stereocenters. The van der Waals surface area contributed by atoms with Gasteiger partial charge in [0.15, 0.2) is 0 Å².